The minimum atomic E-state index is -0.148. The van der Waals surface area contributed by atoms with E-state index in [-0.39, 0.29) is 11.8 Å². The van der Waals surface area contributed by atoms with E-state index in [4.69, 9.17) is 0 Å². The highest BCUT2D eigenvalue weighted by Gasteiger charge is 2.30. The number of nitrogens with zero attached hydrogens (tertiary/aromatic N) is 5. The molecule has 1 saturated heterocycles. The maximum Gasteiger partial charge on any atom is 0.230 e. The summed E-state index contributed by atoms with van der Waals surface area (Å²) < 4.78 is 3.98. The number of aryl methyl sites for hydroxylation is 2. The molecule has 0 N–H and O–H groups in total. The van der Waals surface area contributed by atoms with E-state index < -0.39 is 0 Å². The lowest BCUT2D eigenvalue weighted by Gasteiger charge is -2.35. The van der Waals surface area contributed by atoms with Crippen LogP contribution in [0.5, 0.6) is 0 Å². The molecule has 0 unspecified atom stereocenters. The number of carbonyl (C=O) groups excluding carboxylic acids is 1. The molecule has 2 atom stereocenters. The normalized spacial score (nSPS) is 19.8. The Hall–Kier alpha value is -2.11. The standard InChI is InChI=1S/C17H25N5O/c1-12(16-13(2)19-20(4)14(16)3)17(23)21-8-5-6-15(10-21)22-9-7-18-11-22/h7,9,11-12,15H,5-6,8,10H2,1-4H3/t12-,15+/m1/s1. The molecule has 1 amide bonds. The number of likely N-dealkylation sites (tertiary alicyclic amines) is 1. The molecule has 2 aromatic heterocycles. The van der Waals surface area contributed by atoms with E-state index >= 15 is 0 Å². The van der Waals surface area contributed by atoms with E-state index in [9.17, 15) is 4.79 Å². The molecule has 124 valence electrons. The number of carbonyl (C=O) groups is 1. The Morgan fingerprint density at radius 2 is 2.17 bits per heavy atom. The first-order valence-electron chi connectivity index (χ1n) is 8.25. The van der Waals surface area contributed by atoms with Crippen LogP contribution in [-0.2, 0) is 11.8 Å². The minimum absolute atomic E-state index is 0.148. The molecule has 0 saturated carbocycles. The minimum Gasteiger partial charge on any atom is -0.340 e. The van der Waals surface area contributed by atoms with Crippen LogP contribution < -0.4 is 0 Å². The molecular weight excluding hydrogens is 290 g/mol. The summed E-state index contributed by atoms with van der Waals surface area (Å²) in [5.41, 5.74) is 3.10. The van der Waals surface area contributed by atoms with Crippen molar-refractivity contribution in [2.45, 2.75) is 45.6 Å². The van der Waals surface area contributed by atoms with E-state index in [1.807, 2.05) is 49.9 Å². The van der Waals surface area contributed by atoms with Gasteiger partial charge >= 0.3 is 0 Å². The van der Waals surface area contributed by atoms with Gasteiger partial charge in [-0.05, 0) is 33.6 Å². The highest BCUT2D eigenvalue weighted by atomic mass is 16.2. The van der Waals surface area contributed by atoms with Gasteiger partial charge in [-0.25, -0.2) is 4.98 Å². The van der Waals surface area contributed by atoms with Crippen LogP contribution in [0.4, 0.5) is 0 Å². The van der Waals surface area contributed by atoms with Gasteiger partial charge in [0.2, 0.25) is 5.91 Å². The van der Waals surface area contributed by atoms with E-state index in [0.717, 1.165) is 42.9 Å². The third kappa shape index (κ3) is 2.90. The molecule has 0 aromatic carbocycles. The Bertz CT molecular complexity index is 688. The topological polar surface area (TPSA) is 56.0 Å². The van der Waals surface area contributed by atoms with Crippen LogP contribution in [0.2, 0.25) is 0 Å². The van der Waals surface area contributed by atoms with Gasteiger partial charge in [-0.2, -0.15) is 5.10 Å². The zero-order chi connectivity index (χ0) is 16.6. The van der Waals surface area contributed by atoms with Crippen molar-refractivity contribution < 1.29 is 4.79 Å². The predicted octanol–water partition coefficient (Wildman–Crippen LogP) is 2.20. The monoisotopic (exact) mass is 315 g/mol. The van der Waals surface area contributed by atoms with Crippen LogP contribution in [0, 0.1) is 13.8 Å². The molecule has 0 radical (unpaired) electrons. The zero-order valence-corrected chi connectivity index (χ0v) is 14.4. The Kier molecular flexibility index (Phi) is 4.24. The van der Waals surface area contributed by atoms with Gasteiger partial charge in [-0.3, -0.25) is 9.48 Å². The first kappa shape index (κ1) is 15.8. The fourth-order valence-electron chi connectivity index (χ4n) is 3.70. The van der Waals surface area contributed by atoms with Crippen molar-refractivity contribution in [1.29, 1.82) is 0 Å². The summed E-state index contributed by atoms with van der Waals surface area (Å²) in [7, 11) is 1.93. The zero-order valence-electron chi connectivity index (χ0n) is 14.4. The summed E-state index contributed by atoms with van der Waals surface area (Å²) in [6.45, 7) is 7.62. The molecule has 0 aliphatic carbocycles. The molecule has 0 bridgehead atoms. The van der Waals surface area contributed by atoms with Gasteiger partial charge in [0.1, 0.15) is 0 Å². The Morgan fingerprint density at radius 1 is 1.39 bits per heavy atom. The molecule has 6 nitrogen and oxygen atoms in total. The summed E-state index contributed by atoms with van der Waals surface area (Å²) in [4.78, 5) is 19.1. The van der Waals surface area contributed by atoms with Crippen molar-refractivity contribution in [2.75, 3.05) is 13.1 Å². The average Bonchev–Trinajstić information content (AvgIpc) is 3.16. The van der Waals surface area contributed by atoms with E-state index in [0.29, 0.717) is 6.04 Å². The van der Waals surface area contributed by atoms with Crippen molar-refractivity contribution >= 4 is 5.91 Å². The fraction of sp³-hybridized carbons (Fsp3) is 0.588. The fourth-order valence-corrected chi connectivity index (χ4v) is 3.70. The molecular formula is C17H25N5O. The molecule has 1 fully saturated rings. The van der Waals surface area contributed by atoms with Crippen LogP contribution in [0.3, 0.4) is 0 Å². The molecule has 3 rings (SSSR count). The largest absolute Gasteiger partial charge is 0.340 e. The lowest BCUT2D eigenvalue weighted by molar-refractivity contribution is -0.134. The van der Waals surface area contributed by atoms with Crippen molar-refractivity contribution in [2.24, 2.45) is 7.05 Å². The summed E-state index contributed by atoms with van der Waals surface area (Å²) in [5, 5.41) is 4.45. The molecule has 1 aliphatic heterocycles. The van der Waals surface area contributed by atoms with E-state index in [1.54, 1.807) is 6.20 Å². The summed E-state index contributed by atoms with van der Waals surface area (Å²) in [6, 6.07) is 0.332. The van der Waals surface area contributed by atoms with Crippen molar-refractivity contribution in [3.8, 4) is 0 Å². The second kappa shape index (κ2) is 6.18. The number of piperidine rings is 1. The Labute approximate surface area is 137 Å². The number of hydrogen-bond donors (Lipinski definition) is 0. The summed E-state index contributed by atoms with van der Waals surface area (Å²) in [6.07, 6.45) is 7.76. The summed E-state index contributed by atoms with van der Waals surface area (Å²) >= 11 is 0. The maximum absolute atomic E-state index is 13.0. The van der Waals surface area contributed by atoms with Gasteiger partial charge in [0.15, 0.2) is 0 Å². The van der Waals surface area contributed by atoms with Crippen LogP contribution >= 0.6 is 0 Å². The van der Waals surface area contributed by atoms with Gasteiger partial charge in [0.05, 0.1) is 24.0 Å². The highest BCUT2D eigenvalue weighted by molar-refractivity contribution is 5.84. The van der Waals surface area contributed by atoms with Crippen LogP contribution in [0.25, 0.3) is 0 Å². The van der Waals surface area contributed by atoms with E-state index in [1.165, 1.54) is 0 Å². The SMILES string of the molecule is Cc1nn(C)c(C)c1[C@@H](C)C(=O)N1CCC[C@H](n2ccnc2)C1. The Balaban J connectivity index is 1.77. The second-order valence-corrected chi connectivity index (χ2v) is 6.52. The quantitative estimate of drug-likeness (QED) is 0.872. The Morgan fingerprint density at radius 3 is 2.78 bits per heavy atom. The predicted molar refractivity (Wildman–Crippen MR) is 88.2 cm³/mol. The van der Waals surface area contributed by atoms with Crippen molar-refractivity contribution in [3.63, 3.8) is 0 Å². The molecule has 3 heterocycles. The third-order valence-corrected chi connectivity index (χ3v) is 5.02. The molecule has 1 aliphatic rings. The van der Waals surface area contributed by atoms with Gasteiger partial charge in [0.25, 0.3) is 0 Å². The molecule has 6 heteroatoms. The number of amides is 1. The second-order valence-electron chi connectivity index (χ2n) is 6.52. The van der Waals surface area contributed by atoms with Crippen LogP contribution in [-0.4, -0.2) is 43.2 Å². The lowest BCUT2D eigenvalue weighted by atomic mass is 9.96. The molecule has 0 spiro atoms. The highest BCUT2D eigenvalue weighted by Crippen LogP contribution is 2.28. The van der Waals surface area contributed by atoms with Gasteiger partial charge in [-0.1, -0.05) is 0 Å². The summed E-state index contributed by atoms with van der Waals surface area (Å²) in [5.74, 6) is 0.0549. The third-order valence-electron chi connectivity index (χ3n) is 5.02. The number of imidazole rings is 1. The van der Waals surface area contributed by atoms with Gasteiger partial charge in [-0.15, -0.1) is 0 Å². The number of hydrogen-bond acceptors (Lipinski definition) is 3. The number of rotatable bonds is 3. The van der Waals surface area contributed by atoms with Crippen molar-refractivity contribution in [1.82, 2.24) is 24.2 Å². The lowest BCUT2D eigenvalue weighted by Crippen LogP contribution is -2.42. The van der Waals surface area contributed by atoms with Crippen LogP contribution in [0.15, 0.2) is 18.7 Å². The van der Waals surface area contributed by atoms with Gasteiger partial charge in [0, 0.05) is 43.8 Å². The van der Waals surface area contributed by atoms with Crippen LogP contribution in [0.1, 0.15) is 48.7 Å². The smallest absolute Gasteiger partial charge is 0.230 e. The molecule has 23 heavy (non-hydrogen) atoms. The molecule has 2 aromatic rings. The maximum atomic E-state index is 13.0. The number of aromatic nitrogens is 4. The average molecular weight is 315 g/mol. The van der Waals surface area contributed by atoms with E-state index in [2.05, 4.69) is 14.6 Å². The first-order valence-corrected chi connectivity index (χ1v) is 8.25. The first-order chi connectivity index (χ1) is 11.0. The van der Waals surface area contributed by atoms with Gasteiger partial charge < -0.3 is 9.47 Å². The van der Waals surface area contributed by atoms with Crippen molar-refractivity contribution in [3.05, 3.63) is 35.7 Å².